The Balaban J connectivity index is 2.20. The maximum absolute atomic E-state index is 12.6. The number of pyridine rings is 1. The quantitative estimate of drug-likeness (QED) is 0.770. The second kappa shape index (κ2) is 7.76. The van der Waals surface area contributed by atoms with Crippen molar-refractivity contribution in [3.8, 4) is 11.9 Å². The van der Waals surface area contributed by atoms with E-state index in [2.05, 4.69) is 17.6 Å². The number of hydrogen-bond acceptors (Lipinski definition) is 4. The Morgan fingerprint density at radius 1 is 1.35 bits per heavy atom. The maximum atomic E-state index is 12.6. The molecular formula is C18H17N3O2. The molecule has 0 fully saturated rings. The van der Waals surface area contributed by atoms with Crippen LogP contribution in [0.15, 0.2) is 55.1 Å². The predicted molar refractivity (Wildman–Crippen MR) is 86.9 cm³/mol. The predicted octanol–water partition coefficient (Wildman–Crippen LogP) is 2.79. The fraction of sp³-hybridized carbons (Fsp3) is 0.167. The summed E-state index contributed by atoms with van der Waals surface area (Å²) in [7, 11) is 1.51. The van der Waals surface area contributed by atoms with Gasteiger partial charge in [0, 0.05) is 19.2 Å². The average Bonchev–Trinajstić information content (AvgIpc) is 2.61. The van der Waals surface area contributed by atoms with Gasteiger partial charge in [-0.2, -0.15) is 5.26 Å². The minimum Gasteiger partial charge on any atom is -0.481 e. The second-order valence-electron chi connectivity index (χ2n) is 4.85. The summed E-state index contributed by atoms with van der Waals surface area (Å²) < 4.78 is 5.06. The topological polar surface area (TPSA) is 66.2 Å². The Morgan fingerprint density at radius 3 is 2.70 bits per heavy atom. The molecule has 2 aromatic rings. The van der Waals surface area contributed by atoms with E-state index in [-0.39, 0.29) is 5.91 Å². The van der Waals surface area contributed by atoms with Gasteiger partial charge in [-0.1, -0.05) is 24.3 Å². The van der Waals surface area contributed by atoms with Crippen molar-refractivity contribution in [1.29, 1.82) is 5.26 Å². The molecule has 0 atom stereocenters. The van der Waals surface area contributed by atoms with Crippen LogP contribution in [0.5, 0.6) is 5.88 Å². The van der Waals surface area contributed by atoms with Gasteiger partial charge >= 0.3 is 0 Å². The van der Waals surface area contributed by atoms with Gasteiger partial charge in [0.25, 0.3) is 5.91 Å². The first-order valence-electron chi connectivity index (χ1n) is 7.08. The zero-order valence-electron chi connectivity index (χ0n) is 12.9. The van der Waals surface area contributed by atoms with Crippen molar-refractivity contribution in [2.24, 2.45) is 0 Å². The number of methoxy groups -OCH3 is 1. The van der Waals surface area contributed by atoms with Gasteiger partial charge in [0.1, 0.15) is 5.69 Å². The van der Waals surface area contributed by atoms with E-state index in [4.69, 9.17) is 10.00 Å². The fourth-order valence-electron chi connectivity index (χ4n) is 2.09. The fourth-order valence-corrected chi connectivity index (χ4v) is 2.09. The van der Waals surface area contributed by atoms with Gasteiger partial charge in [0.15, 0.2) is 0 Å². The molecule has 1 heterocycles. The first-order chi connectivity index (χ1) is 11.2. The Bertz CT molecular complexity index is 733. The number of nitrogens with zero attached hydrogens (tertiary/aromatic N) is 3. The normalized spacial score (nSPS) is 9.74. The lowest BCUT2D eigenvalue weighted by molar-refractivity contribution is 0.0756. The number of benzene rings is 1. The number of amides is 1. The summed E-state index contributed by atoms with van der Waals surface area (Å²) in [6.07, 6.45) is 1.67. The van der Waals surface area contributed by atoms with Crippen LogP contribution in [-0.4, -0.2) is 29.4 Å². The van der Waals surface area contributed by atoms with Gasteiger partial charge in [-0.15, -0.1) is 6.58 Å². The van der Waals surface area contributed by atoms with Gasteiger partial charge in [-0.3, -0.25) is 4.79 Å². The highest BCUT2D eigenvalue weighted by atomic mass is 16.5. The van der Waals surface area contributed by atoms with Crippen LogP contribution in [0.4, 0.5) is 0 Å². The number of hydrogen-bond donors (Lipinski definition) is 0. The molecule has 0 unspecified atom stereocenters. The SMILES string of the molecule is C=CCN(Cc1ccc(C#N)cc1)C(=O)c1cccc(OC)n1. The lowest BCUT2D eigenvalue weighted by Gasteiger charge is -2.21. The van der Waals surface area contributed by atoms with Gasteiger partial charge in [0.05, 0.1) is 18.7 Å². The van der Waals surface area contributed by atoms with Crippen molar-refractivity contribution >= 4 is 5.91 Å². The highest BCUT2D eigenvalue weighted by Crippen LogP contribution is 2.13. The first-order valence-corrected chi connectivity index (χ1v) is 7.08. The van der Waals surface area contributed by atoms with Crippen molar-refractivity contribution in [3.05, 3.63) is 71.9 Å². The molecule has 0 saturated carbocycles. The summed E-state index contributed by atoms with van der Waals surface area (Å²) in [5, 5.41) is 8.83. The van der Waals surface area contributed by atoms with Gasteiger partial charge < -0.3 is 9.64 Å². The Hall–Kier alpha value is -3.13. The molecule has 0 spiro atoms. The monoisotopic (exact) mass is 307 g/mol. The van der Waals surface area contributed by atoms with Gasteiger partial charge in [0.2, 0.25) is 5.88 Å². The molecular weight excluding hydrogens is 290 g/mol. The van der Waals surface area contributed by atoms with Crippen molar-refractivity contribution in [3.63, 3.8) is 0 Å². The number of nitriles is 1. The molecule has 1 aromatic heterocycles. The van der Waals surface area contributed by atoms with Crippen LogP contribution in [0.3, 0.4) is 0 Å². The molecule has 0 bridgehead atoms. The largest absolute Gasteiger partial charge is 0.481 e. The lowest BCUT2D eigenvalue weighted by atomic mass is 10.1. The van der Waals surface area contributed by atoms with Crippen molar-refractivity contribution in [2.75, 3.05) is 13.7 Å². The molecule has 0 aliphatic heterocycles. The van der Waals surface area contributed by atoms with Crippen LogP contribution < -0.4 is 4.74 Å². The van der Waals surface area contributed by atoms with Crippen LogP contribution in [0, 0.1) is 11.3 Å². The average molecular weight is 307 g/mol. The molecule has 0 aliphatic carbocycles. The molecule has 23 heavy (non-hydrogen) atoms. The van der Waals surface area contributed by atoms with Crippen LogP contribution in [0.1, 0.15) is 21.6 Å². The van der Waals surface area contributed by atoms with Crippen LogP contribution >= 0.6 is 0 Å². The van der Waals surface area contributed by atoms with Crippen molar-refractivity contribution in [1.82, 2.24) is 9.88 Å². The van der Waals surface area contributed by atoms with E-state index >= 15 is 0 Å². The number of carbonyl (C=O) groups excluding carboxylic acids is 1. The standard InChI is InChI=1S/C18H17N3O2/c1-3-11-21(13-15-9-7-14(12-19)8-10-15)18(22)16-5-4-6-17(20-16)23-2/h3-10H,1,11,13H2,2H3. The zero-order valence-corrected chi connectivity index (χ0v) is 12.9. The molecule has 2 rings (SSSR count). The third-order valence-corrected chi connectivity index (χ3v) is 3.24. The molecule has 0 saturated heterocycles. The van der Waals surface area contributed by atoms with E-state index in [1.54, 1.807) is 41.3 Å². The summed E-state index contributed by atoms with van der Waals surface area (Å²) in [4.78, 5) is 18.4. The summed E-state index contributed by atoms with van der Waals surface area (Å²) in [6, 6.07) is 14.3. The number of ether oxygens (including phenoxy) is 1. The lowest BCUT2D eigenvalue weighted by Crippen LogP contribution is -2.31. The van der Waals surface area contributed by atoms with Crippen molar-refractivity contribution < 1.29 is 9.53 Å². The first kappa shape index (κ1) is 16.2. The van der Waals surface area contributed by atoms with E-state index in [0.717, 1.165) is 5.56 Å². The highest BCUT2D eigenvalue weighted by Gasteiger charge is 2.17. The van der Waals surface area contributed by atoms with Gasteiger partial charge in [-0.25, -0.2) is 4.98 Å². The zero-order chi connectivity index (χ0) is 16.7. The summed E-state index contributed by atoms with van der Waals surface area (Å²) >= 11 is 0. The molecule has 5 heteroatoms. The van der Waals surface area contributed by atoms with Crippen LogP contribution in [0.25, 0.3) is 0 Å². The van der Waals surface area contributed by atoms with Crippen LogP contribution in [-0.2, 0) is 6.54 Å². The number of rotatable bonds is 6. The van der Waals surface area contributed by atoms with E-state index in [0.29, 0.717) is 30.2 Å². The Kier molecular flexibility index (Phi) is 5.48. The second-order valence-corrected chi connectivity index (χ2v) is 4.85. The molecule has 116 valence electrons. The smallest absolute Gasteiger partial charge is 0.273 e. The Labute approximate surface area is 135 Å². The van der Waals surface area contributed by atoms with E-state index in [1.807, 2.05) is 12.1 Å². The number of aromatic nitrogens is 1. The molecule has 5 nitrogen and oxygen atoms in total. The van der Waals surface area contributed by atoms with E-state index in [9.17, 15) is 4.79 Å². The number of carbonyl (C=O) groups is 1. The third kappa shape index (κ3) is 4.17. The van der Waals surface area contributed by atoms with Crippen molar-refractivity contribution in [2.45, 2.75) is 6.54 Å². The third-order valence-electron chi connectivity index (χ3n) is 3.24. The van der Waals surface area contributed by atoms with E-state index in [1.165, 1.54) is 7.11 Å². The Morgan fingerprint density at radius 2 is 2.09 bits per heavy atom. The molecule has 1 aromatic carbocycles. The summed E-state index contributed by atoms with van der Waals surface area (Å²) in [5.74, 6) is 0.195. The molecule has 0 aliphatic rings. The van der Waals surface area contributed by atoms with Gasteiger partial charge in [-0.05, 0) is 23.8 Å². The minimum atomic E-state index is -0.201. The molecule has 1 amide bonds. The highest BCUT2D eigenvalue weighted by molar-refractivity contribution is 5.92. The van der Waals surface area contributed by atoms with E-state index < -0.39 is 0 Å². The van der Waals surface area contributed by atoms with Crippen LogP contribution in [0.2, 0.25) is 0 Å². The minimum absolute atomic E-state index is 0.201. The summed E-state index contributed by atoms with van der Waals surface area (Å²) in [5.41, 5.74) is 1.84. The molecule has 0 radical (unpaired) electrons. The maximum Gasteiger partial charge on any atom is 0.273 e. The molecule has 0 N–H and O–H groups in total. The summed E-state index contributed by atoms with van der Waals surface area (Å²) in [6.45, 7) is 4.51.